The maximum absolute atomic E-state index is 7.81. The van der Waals surface area contributed by atoms with Crippen LogP contribution < -0.4 is 0 Å². The molecule has 0 saturated carbocycles. The standard InChI is InChI=1S/C12H16N2/c1-10(11-6-3-2-4-7-11)14-9-5-8-12(14)13/h2-4,6-7,10,13H,5,8-9H2,1H3. The lowest BCUT2D eigenvalue weighted by atomic mass is 10.1. The van der Waals surface area contributed by atoms with Crippen LogP contribution in [0.4, 0.5) is 0 Å². The van der Waals surface area contributed by atoms with Gasteiger partial charge in [-0.15, -0.1) is 0 Å². The number of hydrogen-bond donors (Lipinski definition) is 1. The van der Waals surface area contributed by atoms with Gasteiger partial charge in [-0.2, -0.15) is 0 Å². The fourth-order valence-corrected chi connectivity index (χ4v) is 2.03. The van der Waals surface area contributed by atoms with Crippen LogP contribution in [-0.4, -0.2) is 17.3 Å². The van der Waals surface area contributed by atoms with E-state index in [0.29, 0.717) is 6.04 Å². The molecule has 2 heteroatoms. The van der Waals surface area contributed by atoms with Crippen LogP contribution in [0.25, 0.3) is 0 Å². The van der Waals surface area contributed by atoms with Crippen molar-refractivity contribution in [2.24, 2.45) is 0 Å². The van der Waals surface area contributed by atoms with Crippen molar-refractivity contribution in [1.82, 2.24) is 4.90 Å². The predicted octanol–water partition coefficient (Wildman–Crippen LogP) is 2.82. The first-order valence-corrected chi connectivity index (χ1v) is 5.18. The van der Waals surface area contributed by atoms with Crippen molar-refractivity contribution in [3.63, 3.8) is 0 Å². The molecule has 1 aliphatic rings. The second-order valence-electron chi connectivity index (χ2n) is 3.83. The fourth-order valence-electron chi connectivity index (χ4n) is 2.03. The summed E-state index contributed by atoms with van der Waals surface area (Å²) in [5, 5.41) is 7.81. The Kier molecular flexibility index (Phi) is 2.53. The van der Waals surface area contributed by atoms with E-state index in [-0.39, 0.29) is 0 Å². The lowest BCUT2D eigenvalue weighted by Crippen LogP contribution is -2.27. The first-order valence-electron chi connectivity index (χ1n) is 5.18. The maximum Gasteiger partial charge on any atom is 0.0963 e. The normalized spacial score (nSPS) is 18.6. The molecule has 1 heterocycles. The number of amidine groups is 1. The van der Waals surface area contributed by atoms with Crippen LogP contribution in [-0.2, 0) is 0 Å². The van der Waals surface area contributed by atoms with Crippen molar-refractivity contribution in [2.45, 2.75) is 25.8 Å². The molecule has 0 bridgehead atoms. The zero-order valence-electron chi connectivity index (χ0n) is 8.53. The average molecular weight is 188 g/mol. The summed E-state index contributed by atoms with van der Waals surface area (Å²) >= 11 is 0. The van der Waals surface area contributed by atoms with Crippen molar-refractivity contribution in [3.05, 3.63) is 35.9 Å². The summed E-state index contributed by atoms with van der Waals surface area (Å²) in [5.41, 5.74) is 1.30. The van der Waals surface area contributed by atoms with Gasteiger partial charge in [0.05, 0.1) is 11.9 Å². The smallest absolute Gasteiger partial charge is 0.0963 e. The predicted molar refractivity (Wildman–Crippen MR) is 58.5 cm³/mol. The number of nitrogens with zero attached hydrogens (tertiary/aromatic N) is 1. The molecular formula is C12H16N2. The Balaban J connectivity index is 2.16. The largest absolute Gasteiger partial charge is 0.354 e. The molecule has 0 amide bonds. The second kappa shape index (κ2) is 3.82. The summed E-state index contributed by atoms with van der Waals surface area (Å²) in [6.07, 6.45) is 2.08. The molecule has 0 radical (unpaired) electrons. The molecular weight excluding hydrogens is 172 g/mol. The lowest BCUT2D eigenvalue weighted by molar-refractivity contribution is 0.362. The highest BCUT2D eigenvalue weighted by Gasteiger charge is 2.22. The molecule has 0 aliphatic carbocycles. The zero-order chi connectivity index (χ0) is 9.97. The lowest BCUT2D eigenvalue weighted by Gasteiger charge is -2.26. The van der Waals surface area contributed by atoms with Gasteiger partial charge in [0, 0.05) is 13.0 Å². The maximum atomic E-state index is 7.81. The van der Waals surface area contributed by atoms with Gasteiger partial charge in [-0.25, -0.2) is 0 Å². The Hall–Kier alpha value is -1.31. The van der Waals surface area contributed by atoms with Crippen LogP contribution in [0.5, 0.6) is 0 Å². The van der Waals surface area contributed by atoms with Gasteiger partial charge in [-0.05, 0) is 18.9 Å². The van der Waals surface area contributed by atoms with Crippen LogP contribution in [0.1, 0.15) is 31.4 Å². The molecule has 2 nitrogen and oxygen atoms in total. The molecule has 0 spiro atoms. The van der Waals surface area contributed by atoms with E-state index >= 15 is 0 Å². The van der Waals surface area contributed by atoms with Crippen molar-refractivity contribution in [2.75, 3.05) is 6.54 Å². The Morgan fingerprint density at radius 3 is 2.57 bits per heavy atom. The number of nitrogens with one attached hydrogen (secondary N) is 1. The Bertz CT molecular complexity index is 318. The second-order valence-corrected chi connectivity index (χ2v) is 3.83. The molecule has 1 saturated heterocycles. The average Bonchev–Trinajstić information content (AvgIpc) is 2.65. The van der Waals surface area contributed by atoms with Gasteiger partial charge >= 0.3 is 0 Å². The van der Waals surface area contributed by atoms with Crippen LogP contribution >= 0.6 is 0 Å². The molecule has 1 aromatic carbocycles. The monoisotopic (exact) mass is 188 g/mol. The molecule has 1 N–H and O–H groups in total. The van der Waals surface area contributed by atoms with E-state index in [1.54, 1.807) is 0 Å². The third kappa shape index (κ3) is 1.65. The SMILES string of the molecule is CC(c1ccccc1)N1CCCC1=N. The first-order chi connectivity index (χ1) is 6.79. The molecule has 2 rings (SSSR count). The van der Waals surface area contributed by atoms with Gasteiger partial charge < -0.3 is 4.90 Å². The minimum atomic E-state index is 0.353. The Labute approximate surface area is 85.1 Å². The molecule has 74 valence electrons. The van der Waals surface area contributed by atoms with E-state index in [1.165, 1.54) is 5.56 Å². The molecule has 1 aromatic rings. The minimum Gasteiger partial charge on any atom is -0.354 e. The van der Waals surface area contributed by atoms with Crippen molar-refractivity contribution in [3.8, 4) is 0 Å². The van der Waals surface area contributed by atoms with E-state index in [0.717, 1.165) is 25.2 Å². The number of likely N-dealkylation sites (tertiary alicyclic amines) is 1. The quantitative estimate of drug-likeness (QED) is 0.759. The molecule has 1 unspecified atom stereocenters. The fraction of sp³-hybridized carbons (Fsp3) is 0.417. The molecule has 1 aliphatic heterocycles. The van der Waals surface area contributed by atoms with Gasteiger partial charge in [0.2, 0.25) is 0 Å². The van der Waals surface area contributed by atoms with Crippen LogP contribution in [0.15, 0.2) is 30.3 Å². The first kappa shape index (κ1) is 9.25. The number of hydrogen-bond acceptors (Lipinski definition) is 1. The highest BCUT2D eigenvalue weighted by atomic mass is 15.2. The van der Waals surface area contributed by atoms with E-state index in [9.17, 15) is 0 Å². The van der Waals surface area contributed by atoms with Gasteiger partial charge in [0.25, 0.3) is 0 Å². The van der Waals surface area contributed by atoms with Crippen LogP contribution in [0.2, 0.25) is 0 Å². The third-order valence-electron chi connectivity index (χ3n) is 2.91. The molecule has 1 atom stereocenters. The Morgan fingerprint density at radius 1 is 1.29 bits per heavy atom. The molecule has 14 heavy (non-hydrogen) atoms. The summed E-state index contributed by atoms with van der Waals surface area (Å²) in [6.45, 7) is 3.21. The molecule has 0 aromatic heterocycles. The highest BCUT2D eigenvalue weighted by Crippen LogP contribution is 2.24. The van der Waals surface area contributed by atoms with Crippen molar-refractivity contribution in [1.29, 1.82) is 5.41 Å². The third-order valence-corrected chi connectivity index (χ3v) is 2.91. The summed E-state index contributed by atoms with van der Waals surface area (Å²) in [5.74, 6) is 0.793. The van der Waals surface area contributed by atoms with Gasteiger partial charge in [-0.3, -0.25) is 5.41 Å². The molecule has 1 fully saturated rings. The van der Waals surface area contributed by atoms with Crippen LogP contribution in [0.3, 0.4) is 0 Å². The number of rotatable bonds is 2. The summed E-state index contributed by atoms with van der Waals surface area (Å²) < 4.78 is 0. The minimum absolute atomic E-state index is 0.353. The van der Waals surface area contributed by atoms with Gasteiger partial charge in [-0.1, -0.05) is 30.3 Å². The topological polar surface area (TPSA) is 27.1 Å². The van der Waals surface area contributed by atoms with Crippen molar-refractivity contribution >= 4 is 5.84 Å². The highest BCUT2D eigenvalue weighted by molar-refractivity contribution is 5.81. The van der Waals surface area contributed by atoms with E-state index in [4.69, 9.17) is 5.41 Å². The summed E-state index contributed by atoms with van der Waals surface area (Å²) in [4.78, 5) is 2.19. The van der Waals surface area contributed by atoms with Crippen molar-refractivity contribution < 1.29 is 0 Å². The van der Waals surface area contributed by atoms with Gasteiger partial charge in [0.1, 0.15) is 0 Å². The summed E-state index contributed by atoms with van der Waals surface area (Å²) in [7, 11) is 0. The Morgan fingerprint density at radius 2 is 2.00 bits per heavy atom. The summed E-state index contributed by atoms with van der Waals surface area (Å²) in [6, 6.07) is 10.8. The van der Waals surface area contributed by atoms with E-state index in [2.05, 4.69) is 36.1 Å². The van der Waals surface area contributed by atoms with Crippen LogP contribution in [0, 0.1) is 5.41 Å². The van der Waals surface area contributed by atoms with E-state index in [1.807, 2.05) is 6.07 Å². The van der Waals surface area contributed by atoms with E-state index < -0.39 is 0 Å². The number of benzene rings is 1. The zero-order valence-corrected chi connectivity index (χ0v) is 8.53. The van der Waals surface area contributed by atoms with Gasteiger partial charge in [0.15, 0.2) is 0 Å².